The standard InChI is InChI=1S/C23H32N2O/c1-3-5-15-24(16-6-4-2)17-19(26)18-25-22-13-9-7-11-20(22)21-12-8-10-14-23(21)25/h7-14,19,26H,3-6,15-18H2,1-2H3/p+1/t19-/m0/s1. The van der Waals surface area contributed by atoms with Gasteiger partial charge in [-0.05, 0) is 25.0 Å². The van der Waals surface area contributed by atoms with Crippen LogP contribution < -0.4 is 4.90 Å². The van der Waals surface area contributed by atoms with Crippen molar-refractivity contribution in [2.45, 2.75) is 52.2 Å². The van der Waals surface area contributed by atoms with E-state index in [9.17, 15) is 5.11 Å². The van der Waals surface area contributed by atoms with Crippen molar-refractivity contribution < 1.29 is 10.0 Å². The van der Waals surface area contributed by atoms with Crippen LogP contribution in [0.25, 0.3) is 21.8 Å². The molecule has 0 bridgehead atoms. The Labute approximate surface area is 157 Å². The molecule has 140 valence electrons. The lowest BCUT2D eigenvalue weighted by Crippen LogP contribution is -3.13. The zero-order valence-corrected chi connectivity index (χ0v) is 16.2. The normalized spacial score (nSPS) is 13.1. The number of fused-ring (bicyclic) bond motifs is 3. The van der Waals surface area contributed by atoms with E-state index in [1.807, 2.05) is 0 Å². The maximum atomic E-state index is 10.9. The Morgan fingerprint density at radius 3 is 1.85 bits per heavy atom. The Morgan fingerprint density at radius 2 is 1.35 bits per heavy atom. The third-order valence-electron chi connectivity index (χ3n) is 5.37. The quantitative estimate of drug-likeness (QED) is 0.573. The van der Waals surface area contributed by atoms with Crippen molar-refractivity contribution in [1.29, 1.82) is 0 Å². The van der Waals surface area contributed by atoms with E-state index in [4.69, 9.17) is 0 Å². The molecular formula is C23H33N2O+. The van der Waals surface area contributed by atoms with Gasteiger partial charge < -0.3 is 14.6 Å². The number of para-hydroxylation sites is 2. The van der Waals surface area contributed by atoms with Crippen LogP contribution in [0.1, 0.15) is 39.5 Å². The SMILES string of the molecule is CCCC[NH+](CCCC)C[C@H](O)Cn1c2ccccc2c2ccccc21. The van der Waals surface area contributed by atoms with Crippen molar-refractivity contribution in [2.24, 2.45) is 0 Å². The third-order valence-corrected chi connectivity index (χ3v) is 5.37. The molecule has 3 aromatic rings. The molecule has 0 fully saturated rings. The first kappa shape index (κ1) is 18.9. The maximum Gasteiger partial charge on any atom is 0.121 e. The van der Waals surface area contributed by atoms with Crippen molar-refractivity contribution in [3.05, 3.63) is 48.5 Å². The number of aliphatic hydroxyl groups is 1. The molecule has 0 amide bonds. The van der Waals surface area contributed by atoms with Crippen LogP contribution in [0.5, 0.6) is 0 Å². The molecular weight excluding hydrogens is 320 g/mol. The molecule has 0 radical (unpaired) electrons. The Kier molecular flexibility index (Phi) is 6.70. The van der Waals surface area contributed by atoms with Gasteiger partial charge in [-0.15, -0.1) is 0 Å². The summed E-state index contributed by atoms with van der Waals surface area (Å²) < 4.78 is 2.30. The molecule has 3 heteroatoms. The van der Waals surface area contributed by atoms with Gasteiger partial charge in [0.15, 0.2) is 0 Å². The van der Waals surface area contributed by atoms with Crippen molar-refractivity contribution in [1.82, 2.24) is 4.57 Å². The molecule has 0 saturated heterocycles. The summed E-state index contributed by atoms with van der Waals surface area (Å²) in [5.41, 5.74) is 2.44. The largest absolute Gasteiger partial charge is 0.385 e. The Hall–Kier alpha value is -1.84. The van der Waals surface area contributed by atoms with Crippen LogP contribution in [-0.4, -0.2) is 35.4 Å². The number of quaternary nitrogens is 1. The second-order valence-corrected chi connectivity index (χ2v) is 7.46. The van der Waals surface area contributed by atoms with Gasteiger partial charge >= 0.3 is 0 Å². The highest BCUT2D eigenvalue weighted by molar-refractivity contribution is 6.07. The van der Waals surface area contributed by atoms with E-state index in [1.165, 1.54) is 60.6 Å². The average Bonchev–Trinajstić information content (AvgIpc) is 2.98. The zero-order valence-electron chi connectivity index (χ0n) is 16.2. The second kappa shape index (κ2) is 9.20. The molecule has 0 saturated carbocycles. The van der Waals surface area contributed by atoms with Crippen LogP contribution in [0.4, 0.5) is 0 Å². The van der Waals surface area contributed by atoms with Crippen molar-refractivity contribution >= 4 is 21.8 Å². The Bertz CT molecular complexity index is 762. The van der Waals surface area contributed by atoms with E-state index in [2.05, 4.69) is 66.9 Å². The lowest BCUT2D eigenvalue weighted by Gasteiger charge is -2.23. The van der Waals surface area contributed by atoms with Crippen molar-refractivity contribution in [2.75, 3.05) is 19.6 Å². The van der Waals surface area contributed by atoms with Crippen LogP contribution >= 0.6 is 0 Å². The summed E-state index contributed by atoms with van der Waals surface area (Å²) in [6.07, 6.45) is 4.59. The molecule has 26 heavy (non-hydrogen) atoms. The van der Waals surface area contributed by atoms with Gasteiger partial charge in [-0.1, -0.05) is 63.1 Å². The Balaban J connectivity index is 1.80. The van der Waals surface area contributed by atoms with Crippen LogP contribution in [-0.2, 0) is 6.54 Å². The van der Waals surface area contributed by atoms with E-state index >= 15 is 0 Å². The number of nitrogens with one attached hydrogen (secondary N) is 1. The number of nitrogens with zero attached hydrogens (tertiary/aromatic N) is 1. The molecule has 3 rings (SSSR count). The topological polar surface area (TPSA) is 29.6 Å². The minimum absolute atomic E-state index is 0.321. The van der Waals surface area contributed by atoms with Crippen molar-refractivity contribution in [3.8, 4) is 0 Å². The highest BCUT2D eigenvalue weighted by Gasteiger charge is 2.18. The predicted octanol–water partition coefficient (Wildman–Crippen LogP) is 3.64. The summed E-state index contributed by atoms with van der Waals surface area (Å²) in [6.45, 7) is 8.32. The number of benzene rings is 2. The molecule has 1 heterocycles. The third kappa shape index (κ3) is 4.28. The van der Waals surface area contributed by atoms with E-state index < -0.39 is 0 Å². The lowest BCUT2D eigenvalue weighted by atomic mass is 10.2. The average molecular weight is 354 g/mol. The van der Waals surface area contributed by atoms with Crippen LogP contribution in [0.3, 0.4) is 0 Å². The van der Waals surface area contributed by atoms with Crippen molar-refractivity contribution in [3.63, 3.8) is 0 Å². The van der Waals surface area contributed by atoms with E-state index in [0.717, 1.165) is 6.54 Å². The van der Waals surface area contributed by atoms with Gasteiger partial charge in [0.1, 0.15) is 12.6 Å². The first-order valence-electron chi connectivity index (χ1n) is 10.2. The van der Waals surface area contributed by atoms with Gasteiger partial charge in [0.05, 0.1) is 19.6 Å². The van der Waals surface area contributed by atoms with Gasteiger partial charge in [0.25, 0.3) is 0 Å². The fourth-order valence-corrected chi connectivity index (χ4v) is 3.99. The predicted molar refractivity (Wildman–Crippen MR) is 111 cm³/mol. The molecule has 2 aromatic carbocycles. The molecule has 0 spiro atoms. The number of aromatic nitrogens is 1. The second-order valence-electron chi connectivity index (χ2n) is 7.46. The number of hydrogen-bond acceptors (Lipinski definition) is 1. The van der Waals surface area contributed by atoms with E-state index in [-0.39, 0.29) is 6.10 Å². The summed E-state index contributed by atoms with van der Waals surface area (Å²) in [5.74, 6) is 0. The highest BCUT2D eigenvalue weighted by atomic mass is 16.3. The fourth-order valence-electron chi connectivity index (χ4n) is 3.99. The van der Waals surface area contributed by atoms with Crippen LogP contribution in [0, 0.1) is 0 Å². The molecule has 2 N–H and O–H groups in total. The molecule has 0 aliphatic rings. The van der Waals surface area contributed by atoms with Crippen LogP contribution in [0.15, 0.2) is 48.5 Å². The number of unbranched alkanes of at least 4 members (excludes halogenated alkanes) is 2. The first-order chi connectivity index (χ1) is 12.7. The highest BCUT2D eigenvalue weighted by Crippen LogP contribution is 2.28. The lowest BCUT2D eigenvalue weighted by molar-refractivity contribution is -0.903. The smallest absolute Gasteiger partial charge is 0.121 e. The first-order valence-corrected chi connectivity index (χ1v) is 10.2. The molecule has 0 aliphatic carbocycles. The molecule has 1 atom stereocenters. The summed E-state index contributed by atoms with van der Waals surface area (Å²) in [7, 11) is 0. The van der Waals surface area contributed by atoms with E-state index in [1.54, 1.807) is 4.90 Å². The number of hydrogen-bond donors (Lipinski definition) is 2. The minimum atomic E-state index is -0.321. The fraction of sp³-hybridized carbons (Fsp3) is 0.478. The number of aliphatic hydroxyl groups excluding tert-OH is 1. The Morgan fingerprint density at radius 1 is 0.846 bits per heavy atom. The van der Waals surface area contributed by atoms with Crippen LogP contribution in [0.2, 0.25) is 0 Å². The maximum absolute atomic E-state index is 10.9. The van der Waals surface area contributed by atoms with Gasteiger partial charge in [0, 0.05) is 21.8 Å². The van der Waals surface area contributed by atoms with Gasteiger partial charge in [-0.25, -0.2) is 0 Å². The minimum Gasteiger partial charge on any atom is -0.385 e. The van der Waals surface area contributed by atoms with Gasteiger partial charge in [-0.2, -0.15) is 0 Å². The molecule has 3 nitrogen and oxygen atoms in total. The molecule has 0 unspecified atom stereocenters. The van der Waals surface area contributed by atoms with Gasteiger partial charge in [0.2, 0.25) is 0 Å². The monoisotopic (exact) mass is 353 g/mol. The summed E-state index contributed by atoms with van der Waals surface area (Å²) >= 11 is 0. The molecule has 0 aliphatic heterocycles. The number of rotatable bonds is 10. The summed E-state index contributed by atoms with van der Waals surface area (Å²) in [4.78, 5) is 1.54. The molecule has 1 aromatic heterocycles. The summed E-state index contributed by atoms with van der Waals surface area (Å²) in [5, 5.41) is 13.4. The zero-order chi connectivity index (χ0) is 18.4. The van der Waals surface area contributed by atoms with E-state index in [0.29, 0.717) is 6.54 Å². The van der Waals surface area contributed by atoms with Gasteiger partial charge in [-0.3, -0.25) is 0 Å². The summed E-state index contributed by atoms with van der Waals surface area (Å²) in [6, 6.07) is 17.1.